The molecule has 0 amide bonds. The van der Waals surface area contributed by atoms with Crippen LogP contribution in [0.25, 0.3) is 0 Å². The molecule has 0 spiro atoms. The monoisotopic (exact) mass is 239 g/mol. The number of ether oxygens (including phenoxy) is 1. The highest BCUT2D eigenvalue weighted by atomic mass is 16.5. The largest absolute Gasteiger partial charge is 0.464 e. The summed E-state index contributed by atoms with van der Waals surface area (Å²) in [5.41, 5.74) is 5.72. The van der Waals surface area contributed by atoms with E-state index < -0.39 is 0 Å². The molecule has 0 aliphatic heterocycles. The van der Waals surface area contributed by atoms with E-state index in [4.69, 9.17) is 10.5 Å². The first-order chi connectivity index (χ1) is 7.87. The first-order valence-electron chi connectivity index (χ1n) is 5.81. The number of hydrogen-bond donors (Lipinski definition) is 1. The Morgan fingerprint density at radius 2 is 2.24 bits per heavy atom. The fourth-order valence-electron chi connectivity index (χ4n) is 1.43. The number of carbonyl (C=O) groups is 1. The Morgan fingerprint density at radius 3 is 2.76 bits per heavy atom. The zero-order valence-corrected chi connectivity index (χ0v) is 10.8. The number of esters is 1. The van der Waals surface area contributed by atoms with Gasteiger partial charge in [-0.2, -0.15) is 5.10 Å². The van der Waals surface area contributed by atoms with Gasteiger partial charge in [-0.1, -0.05) is 20.8 Å². The van der Waals surface area contributed by atoms with E-state index in [0.29, 0.717) is 12.4 Å². The van der Waals surface area contributed by atoms with Crippen LogP contribution in [0.3, 0.4) is 0 Å². The van der Waals surface area contributed by atoms with Gasteiger partial charge in [0.15, 0.2) is 0 Å². The van der Waals surface area contributed by atoms with Crippen LogP contribution in [0.2, 0.25) is 0 Å². The molecule has 1 heterocycles. The highest BCUT2D eigenvalue weighted by molar-refractivity contribution is 5.69. The number of carbonyl (C=O) groups excluding carboxylic acids is 1. The molecule has 0 fully saturated rings. The Bertz CT molecular complexity index is 366. The van der Waals surface area contributed by atoms with Crippen molar-refractivity contribution in [1.29, 1.82) is 0 Å². The number of anilines is 1. The first kappa shape index (κ1) is 13.5. The van der Waals surface area contributed by atoms with E-state index >= 15 is 0 Å². The molecule has 1 aromatic rings. The molecule has 0 aliphatic carbocycles. The summed E-state index contributed by atoms with van der Waals surface area (Å²) >= 11 is 0. The lowest BCUT2D eigenvalue weighted by atomic mass is 9.91. The van der Waals surface area contributed by atoms with Gasteiger partial charge in [-0.25, -0.2) is 0 Å². The SMILES string of the molecule is CC(C)(C)CCCOC(=O)Cn1ccc(N)n1. The molecule has 0 aromatic carbocycles. The lowest BCUT2D eigenvalue weighted by molar-refractivity contribution is -0.144. The number of nitrogens with two attached hydrogens (primary N) is 1. The summed E-state index contributed by atoms with van der Waals surface area (Å²) in [6.45, 7) is 7.09. The van der Waals surface area contributed by atoms with Crippen molar-refractivity contribution in [1.82, 2.24) is 9.78 Å². The van der Waals surface area contributed by atoms with Gasteiger partial charge in [-0.15, -0.1) is 0 Å². The molecule has 0 aliphatic rings. The maximum Gasteiger partial charge on any atom is 0.327 e. The number of nitrogens with zero attached hydrogens (tertiary/aromatic N) is 2. The minimum absolute atomic E-state index is 0.118. The quantitative estimate of drug-likeness (QED) is 0.628. The number of rotatable bonds is 5. The van der Waals surface area contributed by atoms with Crippen molar-refractivity contribution in [2.75, 3.05) is 12.3 Å². The van der Waals surface area contributed by atoms with Crippen LogP contribution in [0.5, 0.6) is 0 Å². The van der Waals surface area contributed by atoms with Crippen LogP contribution in [-0.4, -0.2) is 22.4 Å². The minimum atomic E-state index is -0.276. The number of hydrogen-bond acceptors (Lipinski definition) is 4. The minimum Gasteiger partial charge on any atom is -0.464 e. The van der Waals surface area contributed by atoms with Crippen molar-refractivity contribution in [2.24, 2.45) is 5.41 Å². The lowest BCUT2D eigenvalue weighted by Gasteiger charge is -2.17. The van der Waals surface area contributed by atoms with Crippen molar-refractivity contribution >= 4 is 11.8 Å². The van der Waals surface area contributed by atoms with Crippen molar-refractivity contribution in [3.05, 3.63) is 12.3 Å². The van der Waals surface area contributed by atoms with E-state index in [2.05, 4.69) is 25.9 Å². The number of nitrogen functional groups attached to an aromatic ring is 1. The molecule has 5 heteroatoms. The summed E-state index contributed by atoms with van der Waals surface area (Å²) in [5.74, 6) is 0.132. The van der Waals surface area contributed by atoms with Crippen LogP contribution in [-0.2, 0) is 16.1 Å². The van der Waals surface area contributed by atoms with Gasteiger partial charge < -0.3 is 10.5 Å². The maximum atomic E-state index is 11.4. The van der Waals surface area contributed by atoms with Gasteiger partial charge >= 0.3 is 5.97 Å². The van der Waals surface area contributed by atoms with Crippen LogP contribution >= 0.6 is 0 Å². The molecular weight excluding hydrogens is 218 g/mol. The molecule has 0 atom stereocenters. The molecule has 96 valence electrons. The van der Waals surface area contributed by atoms with Crippen molar-refractivity contribution in [2.45, 2.75) is 40.2 Å². The topological polar surface area (TPSA) is 70.1 Å². The number of aromatic nitrogens is 2. The Balaban J connectivity index is 2.18. The van der Waals surface area contributed by atoms with Crippen molar-refractivity contribution in [3.8, 4) is 0 Å². The average Bonchev–Trinajstić information content (AvgIpc) is 2.57. The van der Waals surface area contributed by atoms with Crippen LogP contribution in [0.1, 0.15) is 33.6 Å². The van der Waals surface area contributed by atoms with E-state index in [9.17, 15) is 4.79 Å². The normalized spacial score (nSPS) is 11.5. The summed E-state index contributed by atoms with van der Waals surface area (Å²) < 4.78 is 6.58. The predicted octanol–water partition coefficient (Wildman–Crippen LogP) is 1.83. The molecule has 0 radical (unpaired) electrons. The summed E-state index contributed by atoms with van der Waals surface area (Å²) in [5, 5.41) is 3.91. The second-order valence-electron chi connectivity index (χ2n) is 5.32. The van der Waals surface area contributed by atoms with E-state index in [0.717, 1.165) is 12.8 Å². The molecule has 17 heavy (non-hydrogen) atoms. The average molecular weight is 239 g/mol. The van der Waals surface area contributed by atoms with Gasteiger partial charge in [-0.05, 0) is 24.3 Å². The van der Waals surface area contributed by atoms with Crippen LogP contribution in [0, 0.1) is 5.41 Å². The van der Waals surface area contributed by atoms with E-state index in [1.54, 1.807) is 12.3 Å². The van der Waals surface area contributed by atoms with Gasteiger partial charge in [0.2, 0.25) is 0 Å². The highest BCUT2D eigenvalue weighted by Gasteiger charge is 2.10. The third-order valence-electron chi connectivity index (χ3n) is 2.29. The van der Waals surface area contributed by atoms with E-state index in [-0.39, 0.29) is 17.9 Å². The zero-order valence-electron chi connectivity index (χ0n) is 10.8. The smallest absolute Gasteiger partial charge is 0.327 e. The van der Waals surface area contributed by atoms with Crippen LogP contribution in [0.4, 0.5) is 5.82 Å². The molecule has 5 nitrogen and oxygen atoms in total. The molecule has 0 bridgehead atoms. The highest BCUT2D eigenvalue weighted by Crippen LogP contribution is 2.20. The lowest BCUT2D eigenvalue weighted by Crippen LogP contribution is -2.15. The molecular formula is C12H21N3O2. The standard InChI is InChI=1S/C12H21N3O2/c1-12(2,3)6-4-8-17-11(16)9-15-7-5-10(13)14-15/h5,7H,4,6,8-9H2,1-3H3,(H2,13,14). The summed E-state index contributed by atoms with van der Waals surface area (Å²) in [6, 6.07) is 1.65. The van der Waals surface area contributed by atoms with Crippen molar-refractivity contribution in [3.63, 3.8) is 0 Å². The molecule has 1 rings (SSSR count). The first-order valence-corrected chi connectivity index (χ1v) is 5.81. The Morgan fingerprint density at radius 1 is 1.53 bits per heavy atom. The zero-order chi connectivity index (χ0) is 12.9. The van der Waals surface area contributed by atoms with Gasteiger partial charge in [-0.3, -0.25) is 9.48 Å². The third kappa shape index (κ3) is 5.94. The summed E-state index contributed by atoms with van der Waals surface area (Å²) in [4.78, 5) is 11.4. The maximum absolute atomic E-state index is 11.4. The third-order valence-corrected chi connectivity index (χ3v) is 2.29. The van der Waals surface area contributed by atoms with Crippen LogP contribution < -0.4 is 5.73 Å². The van der Waals surface area contributed by atoms with Gasteiger partial charge in [0.1, 0.15) is 12.4 Å². The van der Waals surface area contributed by atoms with Gasteiger partial charge in [0.25, 0.3) is 0 Å². The molecule has 2 N–H and O–H groups in total. The van der Waals surface area contributed by atoms with E-state index in [1.165, 1.54) is 4.68 Å². The molecule has 1 aromatic heterocycles. The Labute approximate surface area is 102 Å². The fraction of sp³-hybridized carbons (Fsp3) is 0.667. The summed E-state index contributed by atoms with van der Waals surface area (Å²) in [7, 11) is 0. The molecule has 0 unspecified atom stereocenters. The Hall–Kier alpha value is -1.52. The summed E-state index contributed by atoms with van der Waals surface area (Å²) in [6.07, 6.45) is 3.58. The van der Waals surface area contributed by atoms with E-state index in [1.807, 2.05) is 0 Å². The van der Waals surface area contributed by atoms with Crippen LogP contribution in [0.15, 0.2) is 12.3 Å². The van der Waals surface area contributed by atoms with Crippen molar-refractivity contribution < 1.29 is 9.53 Å². The van der Waals surface area contributed by atoms with Gasteiger partial charge in [0, 0.05) is 6.20 Å². The second-order valence-corrected chi connectivity index (χ2v) is 5.32. The second kappa shape index (κ2) is 5.70. The fourth-order valence-corrected chi connectivity index (χ4v) is 1.43. The predicted molar refractivity (Wildman–Crippen MR) is 66.3 cm³/mol. The van der Waals surface area contributed by atoms with Gasteiger partial charge in [0.05, 0.1) is 6.61 Å². The molecule has 0 saturated heterocycles. The Kier molecular flexibility index (Phi) is 4.54. The molecule has 0 saturated carbocycles.